The summed E-state index contributed by atoms with van der Waals surface area (Å²) in [7, 11) is 3.12. The first-order valence-corrected chi connectivity index (χ1v) is 9.61. The average Bonchev–Trinajstić information content (AvgIpc) is 2.72. The summed E-state index contributed by atoms with van der Waals surface area (Å²) in [4.78, 5) is 12.1. The quantitative estimate of drug-likeness (QED) is 0.603. The van der Waals surface area contributed by atoms with E-state index in [0.717, 1.165) is 5.56 Å². The van der Waals surface area contributed by atoms with Crippen LogP contribution in [0.15, 0.2) is 36.4 Å². The zero-order valence-corrected chi connectivity index (χ0v) is 16.4. The van der Waals surface area contributed by atoms with Gasteiger partial charge in [-0.25, -0.2) is 0 Å². The standard InChI is InChI=1S/C23H28O4/c1-16(24)23-21(26-3)13-20(25-2)14-22(23)27-15-17-9-11-19(12-10-17)18-7-5-4-6-8-18/h9-14,18H,4-8,15H2,1-3H3. The van der Waals surface area contributed by atoms with Crippen LogP contribution in [0.3, 0.4) is 0 Å². The van der Waals surface area contributed by atoms with Crippen LogP contribution in [0.4, 0.5) is 0 Å². The van der Waals surface area contributed by atoms with Gasteiger partial charge in [-0.05, 0) is 36.8 Å². The van der Waals surface area contributed by atoms with Gasteiger partial charge in [0.2, 0.25) is 0 Å². The van der Waals surface area contributed by atoms with E-state index in [1.54, 1.807) is 19.2 Å². The Labute approximate surface area is 161 Å². The van der Waals surface area contributed by atoms with E-state index in [9.17, 15) is 4.79 Å². The molecule has 1 fully saturated rings. The molecule has 0 bridgehead atoms. The lowest BCUT2D eigenvalue weighted by Gasteiger charge is -2.22. The Hall–Kier alpha value is -2.49. The molecule has 2 aromatic carbocycles. The Balaban J connectivity index is 1.75. The fourth-order valence-corrected chi connectivity index (χ4v) is 3.79. The molecule has 0 atom stereocenters. The first-order chi connectivity index (χ1) is 13.1. The Bertz CT molecular complexity index is 774. The molecule has 0 unspecified atom stereocenters. The summed E-state index contributed by atoms with van der Waals surface area (Å²) in [6.07, 6.45) is 6.62. The molecule has 0 aliphatic heterocycles. The molecule has 3 rings (SSSR count). The van der Waals surface area contributed by atoms with E-state index in [-0.39, 0.29) is 5.78 Å². The number of carbonyl (C=O) groups is 1. The lowest BCUT2D eigenvalue weighted by molar-refractivity contribution is 0.101. The van der Waals surface area contributed by atoms with Gasteiger partial charge in [-0.3, -0.25) is 4.79 Å². The molecule has 144 valence electrons. The number of hydrogen-bond acceptors (Lipinski definition) is 4. The molecule has 27 heavy (non-hydrogen) atoms. The largest absolute Gasteiger partial charge is 0.496 e. The van der Waals surface area contributed by atoms with Crippen LogP contribution in [-0.2, 0) is 6.61 Å². The van der Waals surface area contributed by atoms with E-state index in [2.05, 4.69) is 24.3 Å². The number of methoxy groups -OCH3 is 2. The Morgan fingerprint density at radius 2 is 1.63 bits per heavy atom. The number of ether oxygens (including phenoxy) is 3. The summed E-state index contributed by atoms with van der Waals surface area (Å²) in [6, 6.07) is 12.1. The molecule has 2 aromatic rings. The smallest absolute Gasteiger partial charge is 0.167 e. The molecule has 1 aliphatic rings. The highest BCUT2D eigenvalue weighted by Crippen LogP contribution is 2.35. The van der Waals surface area contributed by atoms with Crippen molar-refractivity contribution in [3.8, 4) is 17.2 Å². The highest BCUT2D eigenvalue weighted by atomic mass is 16.5. The normalized spacial score (nSPS) is 14.6. The Kier molecular flexibility index (Phi) is 6.38. The molecule has 4 heteroatoms. The van der Waals surface area contributed by atoms with Gasteiger partial charge in [0.15, 0.2) is 5.78 Å². The van der Waals surface area contributed by atoms with Gasteiger partial charge in [-0.1, -0.05) is 43.5 Å². The summed E-state index contributed by atoms with van der Waals surface area (Å²) in [5.74, 6) is 2.14. The molecule has 0 radical (unpaired) electrons. The van der Waals surface area contributed by atoms with Gasteiger partial charge in [0.1, 0.15) is 29.4 Å². The second-order valence-corrected chi connectivity index (χ2v) is 7.12. The van der Waals surface area contributed by atoms with Crippen molar-refractivity contribution < 1.29 is 19.0 Å². The SMILES string of the molecule is COc1cc(OC)c(C(C)=O)c(OCc2ccc(C3CCCCC3)cc2)c1. The van der Waals surface area contributed by atoms with Crippen molar-refractivity contribution in [3.63, 3.8) is 0 Å². The molecule has 0 spiro atoms. The summed E-state index contributed by atoms with van der Waals surface area (Å²) >= 11 is 0. The summed E-state index contributed by atoms with van der Waals surface area (Å²) in [5, 5.41) is 0. The molecule has 0 amide bonds. The highest BCUT2D eigenvalue weighted by Gasteiger charge is 2.18. The molecule has 4 nitrogen and oxygen atoms in total. The van der Waals surface area contributed by atoms with Crippen molar-refractivity contribution in [1.29, 1.82) is 0 Å². The fourth-order valence-electron chi connectivity index (χ4n) is 3.79. The van der Waals surface area contributed by atoms with Crippen molar-refractivity contribution in [1.82, 2.24) is 0 Å². The van der Waals surface area contributed by atoms with Crippen molar-refractivity contribution in [2.45, 2.75) is 51.6 Å². The molecule has 0 heterocycles. The van der Waals surface area contributed by atoms with Crippen LogP contribution in [0.25, 0.3) is 0 Å². The minimum absolute atomic E-state index is 0.0999. The average molecular weight is 368 g/mol. The van der Waals surface area contributed by atoms with E-state index in [1.807, 2.05) is 0 Å². The third kappa shape index (κ3) is 4.62. The van der Waals surface area contributed by atoms with E-state index in [1.165, 1.54) is 51.7 Å². The third-order valence-corrected chi connectivity index (χ3v) is 5.30. The first kappa shape index (κ1) is 19.3. The second-order valence-electron chi connectivity index (χ2n) is 7.12. The number of carbonyl (C=O) groups excluding carboxylic acids is 1. The van der Waals surface area contributed by atoms with Crippen molar-refractivity contribution in [2.75, 3.05) is 14.2 Å². The monoisotopic (exact) mass is 368 g/mol. The molecule has 1 saturated carbocycles. The fraction of sp³-hybridized carbons (Fsp3) is 0.435. The number of benzene rings is 2. The van der Waals surface area contributed by atoms with Gasteiger partial charge in [0.25, 0.3) is 0 Å². The van der Waals surface area contributed by atoms with Crippen LogP contribution in [0.2, 0.25) is 0 Å². The van der Waals surface area contributed by atoms with Crippen LogP contribution < -0.4 is 14.2 Å². The van der Waals surface area contributed by atoms with Crippen molar-refractivity contribution >= 4 is 5.78 Å². The molecular formula is C23H28O4. The maximum absolute atomic E-state index is 12.1. The lowest BCUT2D eigenvalue weighted by Crippen LogP contribution is -2.06. The molecule has 0 aromatic heterocycles. The van der Waals surface area contributed by atoms with E-state index in [0.29, 0.717) is 35.3 Å². The second kappa shape index (κ2) is 8.94. The van der Waals surface area contributed by atoms with Crippen LogP contribution >= 0.6 is 0 Å². The Morgan fingerprint density at radius 1 is 0.963 bits per heavy atom. The maximum Gasteiger partial charge on any atom is 0.167 e. The van der Waals surface area contributed by atoms with Crippen LogP contribution in [0, 0.1) is 0 Å². The van der Waals surface area contributed by atoms with Crippen molar-refractivity contribution in [3.05, 3.63) is 53.1 Å². The summed E-state index contributed by atoms with van der Waals surface area (Å²) in [6.45, 7) is 1.90. The van der Waals surface area contributed by atoms with Crippen LogP contribution in [-0.4, -0.2) is 20.0 Å². The zero-order chi connectivity index (χ0) is 19.2. The number of ketones is 1. The molecule has 1 aliphatic carbocycles. The highest BCUT2D eigenvalue weighted by molar-refractivity contribution is 6.00. The van der Waals surface area contributed by atoms with E-state index in [4.69, 9.17) is 14.2 Å². The van der Waals surface area contributed by atoms with E-state index >= 15 is 0 Å². The number of rotatable bonds is 7. The van der Waals surface area contributed by atoms with Gasteiger partial charge in [0.05, 0.1) is 14.2 Å². The van der Waals surface area contributed by atoms with E-state index < -0.39 is 0 Å². The Morgan fingerprint density at radius 3 is 2.22 bits per heavy atom. The van der Waals surface area contributed by atoms with Crippen molar-refractivity contribution in [2.24, 2.45) is 0 Å². The predicted molar refractivity (Wildman–Crippen MR) is 106 cm³/mol. The zero-order valence-electron chi connectivity index (χ0n) is 16.4. The first-order valence-electron chi connectivity index (χ1n) is 9.61. The molecule has 0 N–H and O–H groups in total. The third-order valence-electron chi connectivity index (χ3n) is 5.30. The maximum atomic E-state index is 12.1. The minimum Gasteiger partial charge on any atom is -0.496 e. The van der Waals surface area contributed by atoms with Gasteiger partial charge in [-0.15, -0.1) is 0 Å². The van der Waals surface area contributed by atoms with Gasteiger partial charge < -0.3 is 14.2 Å². The number of Topliss-reactive ketones (excluding diaryl/α,β-unsaturated/α-hetero) is 1. The molecular weight excluding hydrogens is 340 g/mol. The number of hydrogen-bond donors (Lipinski definition) is 0. The van der Waals surface area contributed by atoms with Gasteiger partial charge >= 0.3 is 0 Å². The minimum atomic E-state index is -0.0999. The topological polar surface area (TPSA) is 44.8 Å². The summed E-state index contributed by atoms with van der Waals surface area (Å²) in [5.41, 5.74) is 2.94. The lowest BCUT2D eigenvalue weighted by atomic mass is 9.84. The summed E-state index contributed by atoms with van der Waals surface area (Å²) < 4.78 is 16.6. The predicted octanol–water partition coefficient (Wildman–Crippen LogP) is 5.53. The van der Waals surface area contributed by atoms with Crippen LogP contribution in [0.1, 0.15) is 66.4 Å². The van der Waals surface area contributed by atoms with Crippen LogP contribution in [0.5, 0.6) is 17.2 Å². The van der Waals surface area contributed by atoms with Gasteiger partial charge in [-0.2, -0.15) is 0 Å². The van der Waals surface area contributed by atoms with Gasteiger partial charge in [0, 0.05) is 12.1 Å². The molecule has 0 saturated heterocycles.